The molecule has 3 aromatic rings. The van der Waals surface area contributed by atoms with E-state index < -0.39 is 0 Å². The highest BCUT2D eigenvalue weighted by atomic mass is 79.9. The van der Waals surface area contributed by atoms with Gasteiger partial charge in [0, 0.05) is 16.1 Å². The standard InChI is InChI=1S/C24H20BrClN2O5/c1-2-30-22-10-15(9-18(25)23(22)31-13-17-5-3-4-6-19(17)26)12-27-28-24(29)16-7-8-20-21(11-16)33-14-32-20/h3-12H,2,13-14H2,1H3,(H,28,29)/b27-12-. The first-order chi connectivity index (χ1) is 16.0. The predicted octanol–water partition coefficient (Wildman–Crippen LogP) is 5.57. The highest BCUT2D eigenvalue weighted by molar-refractivity contribution is 9.10. The number of fused-ring (bicyclic) bond motifs is 1. The van der Waals surface area contributed by atoms with Crippen molar-refractivity contribution in [2.24, 2.45) is 5.10 Å². The zero-order chi connectivity index (χ0) is 23.2. The molecule has 0 saturated carbocycles. The van der Waals surface area contributed by atoms with Crippen LogP contribution in [-0.4, -0.2) is 25.5 Å². The third-order valence-corrected chi connectivity index (χ3v) is 5.63. The molecule has 0 radical (unpaired) electrons. The summed E-state index contributed by atoms with van der Waals surface area (Å²) in [5.74, 6) is 1.87. The number of hydrogen-bond acceptors (Lipinski definition) is 6. The lowest BCUT2D eigenvalue weighted by atomic mass is 10.2. The fourth-order valence-electron chi connectivity index (χ4n) is 3.10. The van der Waals surface area contributed by atoms with Gasteiger partial charge in [-0.05, 0) is 64.8 Å². The van der Waals surface area contributed by atoms with Crippen LogP contribution in [0.2, 0.25) is 5.02 Å². The molecule has 1 aliphatic rings. The van der Waals surface area contributed by atoms with Gasteiger partial charge in [0.1, 0.15) is 6.61 Å². The molecule has 9 heteroatoms. The average molecular weight is 532 g/mol. The molecule has 1 amide bonds. The monoisotopic (exact) mass is 530 g/mol. The Bertz CT molecular complexity index is 1200. The molecule has 170 valence electrons. The van der Waals surface area contributed by atoms with Crippen LogP contribution in [0.25, 0.3) is 0 Å². The van der Waals surface area contributed by atoms with Gasteiger partial charge >= 0.3 is 0 Å². The summed E-state index contributed by atoms with van der Waals surface area (Å²) < 4.78 is 23.0. The molecule has 1 heterocycles. The van der Waals surface area contributed by atoms with E-state index in [0.717, 1.165) is 5.56 Å². The van der Waals surface area contributed by atoms with Crippen LogP contribution < -0.4 is 24.4 Å². The van der Waals surface area contributed by atoms with E-state index in [1.54, 1.807) is 24.3 Å². The Labute approximate surface area is 204 Å². The molecular formula is C24H20BrClN2O5. The molecule has 0 atom stereocenters. The van der Waals surface area contributed by atoms with E-state index in [4.69, 9.17) is 30.5 Å². The van der Waals surface area contributed by atoms with Gasteiger partial charge in [0.25, 0.3) is 5.91 Å². The Morgan fingerprint density at radius 3 is 2.79 bits per heavy atom. The van der Waals surface area contributed by atoms with Crippen molar-refractivity contribution >= 4 is 39.7 Å². The van der Waals surface area contributed by atoms with Crippen molar-refractivity contribution in [3.05, 3.63) is 80.8 Å². The van der Waals surface area contributed by atoms with E-state index in [-0.39, 0.29) is 19.3 Å². The van der Waals surface area contributed by atoms with E-state index in [0.29, 0.717) is 50.2 Å². The molecule has 0 saturated heterocycles. The van der Waals surface area contributed by atoms with Gasteiger partial charge in [-0.25, -0.2) is 5.43 Å². The minimum absolute atomic E-state index is 0.147. The van der Waals surface area contributed by atoms with Crippen molar-refractivity contribution in [1.29, 1.82) is 0 Å². The Hall–Kier alpha value is -3.23. The van der Waals surface area contributed by atoms with E-state index in [2.05, 4.69) is 26.5 Å². The first-order valence-electron chi connectivity index (χ1n) is 10.1. The zero-order valence-electron chi connectivity index (χ0n) is 17.6. The Morgan fingerprint density at radius 1 is 1.15 bits per heavy atom. The summed E-state index contributed by atoms with van der Waals surface area (Å²) in [5, 5.41) is 4.69. The van der Waals surface area contributed by atoms with Gasteiger partial charge in [0.05, 0.1) is 17.3 Å². The van der Waals surface area contributed by atoms with Gasteiger partial charge in [-0.15, -0.1) is 0 Å². The molecule has 1 aliphatic heterocycles. The number of carbonyl (C=O) groups is 1. The number of nitrogens with zero attached hydrogens (tertiary/aromatic N) is 1. The van der Waals surface area contributed by atoms with Crippen LogP contribution in [0, 0.1) is 0 Å². The molecule has 4 rings (SSSR count). The van der Waals surface area contributed by atoms with Crippen LogP contribution in [0.15, 0.2) is 64.2 Å². The maximum Gasteiger partial charge on any atom is 0.271 e. The lowest BCUT2D eigenvalue weighted by Crippen LogP contribution is -2.17. The van der Waals surface area contributed by atoms with E-state index >= 15 is 0 Å². The number of hydrazone groups is 1. The first kappa shape index (κ1) is 22.9. The number of amides is 1. The quantitative estimate of drug-likeness (QED) is 0.304. The number of rotatable bonds is 8. The van der Waals surface area contributed by atoms with Crippen molar-refractivity contribution < 1.29 is 23.7 Å². The van der Waals surface area contributed by atoms with Crippen LogP contribution >= 0.6 is 27.5 Å². The van der Waals surface area contributed by atoms with Crippen LogP contribution in [0.3, 0.4) is 0 Å². The maximum absolute atomic E-state index is 12.4. The zero-order valence-corrected chi connectivity index (χ0v) is 20.0. The Kier molecular flexibility index (Phi) is 7.36. The first-order valence-corrected chi connectivity index (χ1v) is 11.3. The fraction of sp³-hybridized carbons (Fsp3) is 0.167. The number of nitrogens with one attached hydrogen (secondary N) is 1. The van der Waals surface area contributed by atoms with Gasteiger partial charge in [-0.1, -0.05) is 29.8 Å². The van der Waals surface area contributed by atoms with Gasteiger partial charge in [-0.3, -0.25) is 4.79 Å². The molecule has 33 heavy (non-hydrogen) atoms. The van der Waals surface area contributed by atoms with Crippen LogP contribution in [0.4, 0.5) is 0 Å². The second-order valence-corrected chi connectivity index (χ2v) is 8.17. The molecule has 7 nitrogen and oxygen atoms in total. The second-order valence-electron chi connectivity index (χ2n) is 6.91. The summed E-state index contributed by atoms with van der Waals surface area (Å²) in [4.78, 5) is 12.4. The van der Waals surface area contributed by atoms with Crippen molar-refractivity contribution in [3.8, 4) is 23.0 Å². The molecule has 0 fully saturated rings. The fourth-order valence-corrected chi connectivity index (χ4v) is 3.86. The molecule has 1 N–H and O–H groups in total. The number of hydrogen-bond donors (Lipinski definition) is 1. The number of carbonyl (C=O) groups excluding carboxylic acids is 1. The smallest absolute Gasteiger partial charge is 0.271 e. The SMILES string of the molecule is CCOc1cc(/C=N\NC(=O)c2ccc3c(c2)OCO3)cc(Br)c1OCc1ccccc1Cl. The molecule has 0 unspecified atom stereocenters. The van der Waals surface area contributed by atoms with Crippen molar-refractivity contribution in [1.82, 2.24) is 5.43 Å². The summed E-state index contributed by atoms with van der Waals surface area (Å²) in [7, 11) is 0. The summed E-state index contributed by atoms with van der Waals surface area (Å²) in [6.07, 6.45) is 1.52. The highest BCUT2D eigenvalue weighted by Gasteiger charge is 2.16. The molecule has 3 aromatic carbocycles. The third-order valence-electron chi connectivity index (χ3n) is 4.68. The van der Waals surface area contributed by atoms with Gasteiger partial charge in [0.15, 0.2) is 23.0 Å². The topological polar surface area (TPSA) is 78.4 Å². The second kappa shape index (κ2) is 10.6. The van der Waals surface area contributed by atoms with Gasteiger partial charge in [-0.2, -0.15) is 5.10 Å². The largest absolute Gasteiger partial charge is 0.490 e. The highest BCUT2D eigenvalue weighted by Crippen LogP contribution is 2.37. The summed E-state index contributed by atoms with van der Waals surface area (Å²) in [5.41, 5.74) is 4.50. The van der Waals surface area contributed by atoms with E-state index in [9.17, 15) is 4.79 Å². The van der Waals surface area contributed by atoms with E-state index in [1.807, 2.05) is 37.3 Å². The summed E-state index contributed by atoms with van der Waals surface area (Å²) in [6.45, 7) is 2.78. The van der Waals surface area contributed by atoms with Gasteiger partial charge < -0.3 is 18.9 Å². The van der Waals surface area contributed by atoms with Crippen molar-refractivity contribution in [2.45, 2.75) is 13.5 Å². The molecule has 0 spiro atoms. The molecule has 0 bridgehead atoms. The lowest BCUT2D eigenvalue weighted by Gasteiger charge is -2.15. The maximum atomic E-state index is 12.4. The Morgan fingerprint density at radius 2 is 1.97 bits per heavy atom. The molecular weight excluding hydrogens is 512 g/mol. The summed E-state index contributed by atoms with van der Waals surface area (Å²) >= 11 is 9.76. The van der Waals surface area contributed by atoms with Crippen LogP contribution in [0.1, 0.15) is 28.4 Å². The summed E-state index contributed by atoms with van der Waals surface area (Å²) in [6, 6.07) is 16.0. The average Bonchev–Trinajstić information content (AvgIpc) is 3.28. The third kappa shape index (κ3) is 5.58. The van der Waals surface area contributed by atoms with Crippen molar-refractivity contribution in [3.63, 3.8) is 0 Å². The predicted molar refractivity (Wildman–Crippen MR) is 129 cm³/mol. The number of ether oxygens (including phenoxy) is 4. The van der Waals surface area contributed by atoms with Gasteiger partial charge in [0.2, 0.25) is 6.79 Å². The number of halogens is 2. The number of benzene rings is 3. The minimum atomic E-state index is -0.367. The van der Waals surface area contributed by atoms with Crippen LogP contribution in [-0.2, 0) is 6.61 Å². The minimum Gasteiger partial charge on any atom is -0.490 e. The van der Waals surface area contributed by atoms with Crippen LogP contribution in [0.5, 0.6) is 23.0 Å². The molecule has 0 aliphatic carbocycles. The molecule has 0 aromatic heterocycles. The normalized spacial score (nSPS) is 12.1. The van der Waals surface area contributed by atoms with E-state index in [1.165, 1.54) is 6.21 Å². The van der Waals surface area contributed by atoms with Crippen molar-refractivity contribution in [2.75, 3.05) is 13.4 Å². The Balaban J connectivity index is 1.45. The lowest BCUT2D eigenvalue weighted by molar-refractivity contribution is 0.0954.